The smallest absolute Gasteiger partial charge is 0.325 e. The Morgan fingerprint density at radius 1 is 1.12 bits per heavy atom. The lowest BCUT2D eigenvalue weighted by Gasteiger charge is -2.10. The summed E-state index contributed by atoms with van der Waals surface area (Å²) >= 11 is 1.09. The molecule has 0 fully saturated rings. The fraction of sp³-hybridized carbons (Fsp3) is 0.143. The Bertz CT molecular complexity index is 1380. The molecule has 4 aromatic rings. The van der Waals surface area contributed by atoms with Gasteiger partial charge in [-0.25, -0.2) is 0 Å². The van der Waals surface area contributed by atoms with Gasteiger partial charge in [0.05, 0.1) is 22.2 Å². The highest BCUT2D eigenvalue weighted by Gasteiger charge is 2.30. The van der Waals surface area contributed by atoms with Crippen LogP contribution < -0.4 is 10.9 Å². The number of hydrogen-bond donors (Lipinski definition) is 1. The Labute approximate surface area is 183 Å². The molecule has 1 N–H and O–H groups in total. The van der Waals surface area contributed by atoms with Crippen molar-refractivity contribution in [3.8, 4) is 0 Å². The quantitative estimate of drug-likeness (QED) is 0.349. The van der Waals surface area contributed by atoms with Crippen LogP contribution in [0.15, 0.2) is 71.1 Å². The molecule has 4 rings (SSSR count). The van der Waals surface area contributed by atoms with Gasteiger partial charge < -0.3 is 5.32 Å². The van der Waals surface area contributed by atoms with Crippen LogP contribution in [-0.4, -0.2) is 30.8 Å². The first-order chi connectivity index (χ1) is 15.3. The number of nitrogens with one attached hydrogen (secondary N) is 1. The Morgan fingerprint density at radius 2 is 1.84 bits per heavy atom. The van der Waals surface area contributed by atoms with E-state index in [0.29, 0.717) is 21.8 Å². The second-order valence-electron chi connectivity index (χ2n) is 6.75. The van der Waals surface area contributed by atoms with Crippen LogP contribution in [0.3, 0.4) is 0 Å². The summed E-state index contributed by atoms with van der Waals surface area (Å²) < 4.78 is 41.1. The molecule has 2 aromatic heterocycles. The van der Waals surface area contributed by atoms with Gasteiger partial charge in [0.1, 0.15) is 0 Å². The molecule has 0 radical (unpaired) electrons. The molecule has 2 aromatic carbocycles. The molecule has 0 atom stereocenters. The van der Waals surface area contributed by atoms with Crippen LogP contribution in [0.2, 0.25) is 0 Å². The molecule has 0 bridgehead atoms. The van der Waals surface area contributed by atoms with Gasteiger partial charge in [0, 0.05) is 12.2 Å². The van der Waals surface area contributed by atoms with E-state index in [-0.39, 0.29) is 23.5 Å². The van der Waals surface area contributed by atoms with Crippen LogP contribution in [-0.2, 0) is 17.5 Å². The molecule has 2 heterocycles. The first-order valence-corrected chi connectivity index (χ1v) is 10.4. The lowest BCUT2D eigenvalue weighted by Crippen LogP contribution is -2.22. The van der Waals surface area contributed by atoms with Crippen molar-refractivity contribution in [1.82, 2.24) is 19.2 Å². The zero-order valence-electron chi connectivity index (χ0n) is 16.5. The Kier molecular flexibility index (Phi) is 5.74. The number of aromatic nitrogens is 4. The van der Waals surface area contributed by atoms with Crippen LogP contribution in [0, 0.1) is 0 Å². The van der Waals surface area contributed by atoms with E-state index in [2.05, 4.69) is 22.1 Å². The maximum Gasteiger partial charge on any atom is 0.416 e. The third-order valence-corrected chi connectivity index (χ3v) is 5.55. The molecule has 0 unspecified atom stereocenters. The van der Waals surface area contributed by atoms with Gasteiger partial charge in [-0.2, -0.15) is 13.2 Å². The lowest BCUT2D eigenvalue weighted by molar-refractivity contribution is -0.137. The fourth-order valence-electron chi connectivity index (χ4n) is 3.19. The van der Waals surface area contributed by atoms with E-state index in [4.69, 9.17) is 0 Å². The lowest BCUT2D eigenvalue weighted by atomic mass is 10.2. The minimum absolute atomic E-state index is 0.0588. The van der Waals surface area contributed by atoms with Crippen LogP contribution >= 0.6 is 11.8 Å². The van der Waals surface area contributed by atoms with Gasteiger partial charge in [-0.3, -0.25) is 18.6 Å². The van der Waals surface area contributed by atoms with Gasteiger partial charge in [0.2, 0.25) is 11.7 Å². The predicted octanol–water partition coefficient (Wildman–Crippen LogP) is 3.98. The summed E-state index contributed by atoms with van der Waals surface area (Å²) in [6.07, 6.45) is -2.86. The van der Waals surface area contributed by atoms with E-state index in [1.54, 1.807) is 34.7 Å². The molecule has 164 valence electrons. The second kappa shape index (κ2) is 8.50. The van der Waals surface area contributed by atoms with Crippen LogP contribution in [0.5, 0.6) is 0 Å². The Morgan fingerprint density at radius 3 is 2.53 bits per heavy atom. The van der Waals surface area contributed by atoms with E-state index >= 15 is 0 Å². The number of amides is 1. The average Bonchev–Trinajstić information content (AvgIpc) is 3.19. The summed E-state index contributed by atoms with van der Waals surface area (Å²) in [5.41, 5.74) is -0.169. The van der Waals surface area contributed by atoms with Gasteiger partial charge >= 0.3 is 6.18 Å². The van der Waals surface area contributed by atoms with Gasteiger partial charge in [0.25, 0.3) is 5.56 Å². The number of nitrogens with zero attached hydrogens (tertiary/aromatic N) is 4. The number of rotatable bonds is 6. The number of hydrogen-bond acceptors (Lipinski definition) is 5. The summed E-state index contributed by atoms with van der Waals surface area (Å²) in [5, 5.41) is 11.7. The molecular weight excluding hydrogens is 443 g/mol. The number of carbonyl (C=O) groups excluding carboxylic acids is 1. The van der Waals surface area contributed by atoms with Crippen LogP contribution in [0.25, 0.3) is 16.7 Å². The fourth-order valence-corrected chi connectivity index (χ4v) is 3.93. The number of para-hydroxylation sites is 1. The van der Waals surface area contributed by atoms with Gasteiger partial charge in [0.15, 0.2) is 5.16 Å². The highest BCUT2D eigenvalue weighted by molar-refractivity contribution is 7.99. The van der Waals surface area contributed by atoms with Crippen LogP contribution in [0.4, 0.5) is 18.9 Å². The van der Waals surface area contributed by atoms with Gasteiger partial charge in [-0.05, 0) is 36.4 Å². The van der Waals surface area contributed by atoms with Crippen molar-refractivity contribution in [1.29, 1.82) is 0 Å². The first kappa shape index (κ1) is 21.6. The monoisotopic (exact) mass is 459 g/mol. The molecule has 7 nitrogen and oxygen atoms in total. The molecule has 0 aliphatic rings. The molecule has 0 saturated heterocycles. The first-order valence-electron chi connectivity index (χ1n) is 9.37. The molecule has 0 spiro atoms. The van der Waals surface area contributed by atoms with Gasteiger partial charge in [-0.15, -0.1) is 16.8 Å². The van der Waals surface area contributed by atoms with E-state index in [1.165, 1.54) is 16.7 Å². The zero-order valence-corrected chi connectivity index (χ0v) is 17.3. The highest BCUT2D eigenvalue weighted by atomic mass is 32.2. The number of alkyl halides is 3. The Balaban J connectivity index is 1.58. The summed E-state index contributed by atoms with van der Waals surface area (Å²) in [4.78, 5) is 25.1. The summed E-state index contributed by atoms with van der Waals surface area (Å²) in [6, 6.07) is 11.2. The highest BCUT2D eigenvalue weighted by Crippen LogP contribution is 2.30. The van der Waals surface area contributed by atoms with E-state index in [0.717, 1.165) is 23.9 Å². The van der Waals surface area contributed by atoms with Crippen molar-refractivity contribution in [2.24, 2.45) is 0 Å². The molecule has 0 aliphatic heterocycles. The third-order valence-electron chi connectivity index (χ3n) is 4.62. The van der Waals surface area contributed by atoms with E-state index in [1.807, 2.05) is 0 Å². The molecular formula is C21H16F3N5O2S. The van der Waals surface area contributed by atoms with Crippen molar-refractivity contribution >= 4 is 40.0 Å². The number of thioether (sulfide) groups is 1. The van der Waals surface area contributed by atoms with Crippen molar-refractivity contribution in [2.45, 2.75) is 17.9 Å². The third kappa shape index (κ3) is 4.11. The molecule has 1 amide bonds. The average molecular weight is 459 g/mol. The zero-order chi connectivity index (χ0) is 22.9. The molecule has 0 aliphatic carbocycles. The van der Waals surface area contributed by atoms with Crippen molar-refractivity contribution in [3.63, 3.8) is 0 Å². The minimum Gasteiger partial charge on any atom is -0.325 e. The second-order valence-corrected chi connectivity index (χ2v) is 7.69. The number of fused-ring (bicyclic) bond motifs is 3. The van der Waals surface area contributed by atoms with E-state index < -0.39 is 17.6 Å². The number of halogens is 3. The molecule has 32 heavy (non-hydrogen) atoms. The summed E-state index contributed by atoms with van der Waals surface area (Å²) in [7, 11) is 0. The number of benzene rings is 2. The van der Waals surface area contributed by atoms with Crippen molar-refractivity contribution in [2.75, 3.05) is 11.1 Å². The maximum absolute atomic E-state index is 12.8. The predicted molar refractivity (Wildman–Crippen MR) is 116 cm³/mol. The SMILES string of the molecule is C=CCn1c(=O)c2ccccc2n2c(SCC(=O)Nc3ccc(C(F)(F)F)cc3)nnc12. The maximum atomic E-state index is 12.8. The largest absolute Gasteiger partial charge is 0.416 e. The topological polar surface area (TPSA) is 81.3 Å². The molecule has 11 heteroatoms. The summed E-state index contributed by atoms with van der Waals surface area (Å²) in [6.45, 7) is 3.91. The number of anilines is 1. The number of allylic oxidation sites excluding steroid dienone is 1. The Hall–Kier alpha value is -3.60. The normalized spacial score (nSPS) is 11.7. The standard InChI is InChI=1S/C21H16F3N5O2S/c1-2-11-28-18(31)15-5-3-4-6-16(15)29-19(28)26-27-20(29)32-12-17(30)25-14-9-7-13(8-10-14)21(22,23)24/h2-10H,1,11-12H2,(H,25,30). The minimum atomic E-state index is -4.44. The van der Waals surface area contributed by atoms with Crippen molar-refractivity contribution < 1.29 is 18.0 Å². The molecule has 0 saturated carbocycles. The van der Waals surface area contributed by atoms with Crippen LogP contribution in [0.1, 0.15) is 5.56 Å². The number of carbonyl (C=O) groups is 1. The van der Waals surface area contributed by atoms with Gasteiger partial charge in [-0.1, -0.05) is 30.0 Å². The van der Waals surface area contributed by atoms with Crippen molar-refractivity contribution in [3.05, 3.63) is 77.1 Å². The summed E-state index contributed by atoms with van der Waals surface area (Å²) in [5.74, 6) is -0.161. The van der Waals surface area contributed by atoms with E-state index in [9.17, 15) is 22.8 Å².